The van der Waals surface area contributed by atoms with Crippen molar-refractivity contribution in [2.45, 2.75) is 45.8 Å². The van der Waals surface area contributed by atoms with E-state index in [0.29, 0.717) is 6.54 Å². The van der Waals surface area contributed by atoms with Gasteiger partial charge < -0.3 is 10.2 Å². The summed E-state index contributed by atoms with van der Waals surface area (Å²) in [6, 6.07) is -0.437. The van der Waals surface area contributed by atoms with Crippen LogP contribution in [0.2, 0.25) is 0 Å². The lowest BCUT2D eigenvalue weighted by Gasteiger charge is -2.45. The Bertz CT molecular complexity index is 482. The molecule has 6 heteroatoms. The fourth-order valence-electron chi connectivity index (χ4n) is 2.15. The second-order valence-electron chi connectivity index (χ2n) is 5.65. The van der Waals surface area contributed by atoms with Crippen molar-refractivity contribution in [3.05, 3.63) is 16.6 Å². The molecule has 2 amide bonds. The van der Waals surface area contributed by atoms with Gasteiger partial charge >= 0.3 is 0 Å². The summed E-state index contributed by atoms with van der Waals surface area (Å²) in [7, 11) is 0. The molecule has 19 heavy (non-hydrogen) atoms. The fourth-order valence-corrected chi connectivity index (χ4v) is 2.73. The van der Waals surface area contributed by atoms with Crippen LogP contribution in [0.25, 0.3) is 0 Å². The molecule has 1 saturated heterocycles. The van der Waals surface area contributed by atoms with Gasteiger partial charge in [-0.25, -0.2) is 0 Å². The van der Waals surface area contributed by atoms with E-state index in [-0.39, 0.29) is 17.7 Å². The van der Waals surface area contributed by atoms with Gasteiger partial charge in [-0.3, -0.25) is 14.6 Å². The van der Waals surface area contributed by atoms with Crippen molar-refractivity contribution < 1.29 is 9.59 Å². The Morgan fingerprint density at radius 3 is 2.68 bits per heavy atom. The van der Waals surface area contributed by atoms with Gasteiger partial charge in [-0.15, -0.1) is 11.3 Å². The molecule has 1 fully saturated rings. The van der Waals surface area contributed by atoms with Gasteiger partial charge in [-0.1, -0.05) is 13.8 Å². The monoisotopic (exact) mass is 281 g/mol. The van der Waals surface area contributed by atoms with Gasteiger partial charge in [0.1, 0.15) is 11.6 Å². The summed E-state index contributed by atoms with van der Waals surface area (Å²) >= 11 is 1.49. The molecule has 0 aliphatic carbocycles. The zero-order chi connectivity index (χ0) is 14.2. The molecule has 5 nitrogen and oxygen atoms in total. The van der Waals surface area contributed by atoms with Gasteiger partial charge in [0, 0.05) is 11.1 Å². The minimum Gasteiger partial charge on any atom is -0.342 e. The molecular weight excluding hydrogens is 262 g/mol. The largest absolute Gasteiger partial charge is 0.342 e. The predicted molar refractivity (Wildman–Crippen MR) is 73.5 cm³/mol. The van der Waals surface area contributed by atoms with E-state index in [0.717, 1.165) is 4.88 Å². The number of aromatic nitrogens is 1. The van der Waals surface area contributed by atoms with E-state index in [4.69, 9.17) is 0 Å². The van der Waals surface area contributed by atoms with Crippen molar-refractivity contribution in [1.29, 1.82) is 0 Å². The third kappa shape index (κ3) is 2.49. The molecule has 1 unspecified atom stereocenters. The summed E-state index contributed by atoms with van der Waals surface area (Å²) < 4.78 is 0. The Balaban J connectivity index is 2.29. The van der Waals surface area contributed by atoms with E-state index in [1.54, 1.807) is 30.5 Å². The highest BCUT2D eigenvalue weighted by Gasteiger charge is 2.47. The minimum atomic E-state index is -0.827. The average Bonchev–Trinajstić information content (AvgIpc) is 2.82. The van der Waals surface area contributed by atoms with Gasteiger partial charge in [0.05, 0.1) is 12.1 Å². The molecule has 104 valence electrons. The van der Waals surface area contributed by atoms with Crippen LogP contribution in [0, 0.1) is 5.92 Å². The van der Waals surface area contributed by atoms with Crippen LogP contribution in [0.1, 0.15) is 32.6 Å². The smallest absolute Gasteiger partial charge is 0.246 e. The molecule has 2 heterocycles. The van der Waals surface area contributed by atoms with E-state index >= 15 is 0 Å². The molecule has 1 atom stereocenters. The van der Waals surface area contributed by atoms with Gasteiger partial charge in [0.15, 0.2) is 0 Å². The number of hydrogen-bond donors (Lipinski definition) is 1. The number of rotatable bonds is 3. The Labute approximate surface area is 117 Å². The highest BCUT2D eigenvalue weighted by Crippen LogP contribution is 2.26. The zero-order valence-electron chi connectivity index (χ0n) is 11.6. The van der Waals surface area contributed by atoms with Crippen LogP contribution in [0.15, 0.2) is 11.7 Å². The van der Waals surface area contributed by atoms with E-state index in [1.807, 2.05) is 13.8 Å². The lowest BCUT2D eigenvalue weighted by atomic mass is 9.91. The number of nitrogens with zero attached hydrogens (tertiary/aromatic N) is 2. The summed E-state index contributed by atoms with van der Waals surface area (Å²) in [4.78, 5) is 31.4. The summed E-state index contributed by atoms with van der Waals surface area (Å²) in [5.41, 5.74) is 0.906. The maximum absolute atomic E-state index is 12.5. The minimum absolute atomic E-state index is 0.0204. The Kier molecular flexibility index (Phi) is 3.62. The second-order valence-corrected chi connectivity index (χ2v) is 6.62. The maximum atomic E-state index is 12.5. The summed E-state index contributed by atoms with van der Waals surface area (Å²) in [6.07, 6.45) is 1.74. The van der Waals surface area contributed by atoms with E-state index in [9.17, 15) is 9.59 Å². The molecule has 0 spiro atoms. The number of amides is 2. The van der Waals surface area contributed by atoms with E-state index in [1.165, 1.54) is 11.3 Å². The number of hydrogen-bond acceptors (Lipinski definition) is 4. The van der Waals surface area contributed by atoms with E-state index in [2.05, 4.69) is 10.3 Å². The first-order chi connectivity index (χ1) is 8.84. The number of carbonyl (C=O) groups is 2. The lowest BCUT2D eigenvalue weighted by Crippen LogP contribution is -2.68. The van der Waals surface area contributed by atoms with Crippen LogP contribution >= 0.6 is 11.3 Å². The maximum Gasteiger partial charge on any atom is 0.246 e. The van der Waals surface area contributed by atoms with Crippen molar-refractivity contribution in [2.24, 2.45) is 5.92 Å². The molecule has 1 N–H and O–H groups in total. The third-order valence-electron chi connectivity index (χ3n) is 3.51. The SMILES string of the molecule is CC(C)C1NC(=O)C(C)(C)N(Cc2cncs2)C1=O. The van der Waals surface area contributed by atoms with Crippen LogP contribution in [-0.4, -0.2) is 33.3 Å². The second kappa shape index (κ2) is 4.92. The first kappa shape index (κ1) is 14.0. The quantitative estimate of drug-likeness (QED) is 0.911. The van der Waals surface area contributed by atoms with Crippen molar-refractivity contribution >= 4 is 23.2 Å². The highest BCUT2D eigenvalue weighted by molar-refractivity contribution is 7.09. The topological polar surface area (TPSA) is 62.3 Å². The molecule has 1 aliphatic heterocycles. The highest BCUT2D eigenvalue weighted by atomic mass is 32.1. The van der Waals surface area contributed by atoms with Crippen LogP contribution in [0.4, 0.5) is 0 Å². The number of nitrogens with one attached hydrogen (secondary N) is 1. The molecule has 1 aromatic rings. The first-order valence-electron chi connectivity index (χ1n) is 6.34. The normalized spacial score (nSPS) is 22.8. The average molecular weight is 281 g/mol. The molecule has 1 aromatic heterocycles. The molecule has 0 bridgehead atoms. The van der Waals surface area contributed by atoms with Gasteiger partial charge in [0.25, 0.3) is 0 Å². The Hall–Kier alpha value is -1.43. The molecule has 2 rings (SSSR count). The van der Waals surface area contributed by atoms with Crippen LogP contribution in [-0.2, 0) is 16.1 Å². The standard InChI is InChI=1S/C13H19N3O2S/c1-8(2)10-11(17)16(6-9-5-14-7-19-9)13(3,4)12(18)15-10/h5,7-8,10H,6H2,1-4H3,(H,15,18). The third-order valence-corrected chi connectivity index (χ3v) is 4.28. The molecule has 0 radical (unpaired) electrons. The van der Waals surface area contributed by atoms with Crippen molar-refractivity contribution in [2.75, 3.05) is 0 Å². The zero-order valence-corrected chi connectivity index (χ0v) is 12.5. The summed E-state index contributed by atoms with van der Waals surface area (Å²) in [6.45, 7) is 7.86. The fraction of sp³-hybridized carbons (Fsp3) is 0.615. The van der Waals surface area contributed by atoms with Gasteiger partial charge in [-0.05, 0) is 19.8 Å². The molecule has 1 aliphatic rings. The molecule has 0 aromatic carbocycles. The number of carbonyl (C=O) groups excluding carboxylic acids is 2. The first-order valence-corrected chi connectivity index (χ1v) is 7.22. The van der Waals surface area contributed by atoms with Crippen LogP contribution < -0.4 is 5.32 Å². The molecule has 0 saturated carbocycles. The summed E-state index contributed by atoms with van der Waals surface area (Å²) in [5.74, 6) is -0.0418. The molecular formula is C13H19N3O2S. The lowest BCUT2D eigenvalue weighted by molar-refractivity contribution is -0.157. The van der Waals surface area contributed by atoms with Gasteiger partial charge in [0.2, 0.25) is 11.8 Å². The van der Waals surface area contributed by atoms with Crippen molar-refractivity contribution in [1.82, 2.24) is 15.2 Å². The summed E-state index contributed by atoms with van der Waals surface area (Å²) in [5, 5.41) is 2.82. The number of thiazole rings is 1. The van der Waals surface area contributed by atoms with Crippen molar-refractivity contribution in [3.63, 3.8) is 0 Å². The van der Waals surface area contributed by atoms with Crippen molar-refractivity contribution in [3.8, 4) is 0 Å². The Morgan fingerprint density at radius 2 is 2.16 bits per heavy atom. The van der Waals surface area contributed by atoms with Crippen LogP contribution in [0.3, 0.4) is 0 Å². The van der Waals surface area contributed by atoms with Gasteiger partial charge in [-0.2, -0.15) is 0 Å². The Morgan fingerprint density at radius 1 is 1.47 bits per heavy atom. The van der Waals surface area contributed by atoms with E-state index < -0.39 is 11.6 Å². The van der Waals surface area contributed by atoms with Crippen LogP contribution in [0.5, 0.6) is 0 Å². The predicted octanol–water partition coefficient (Wildman–Crippen LogP) is 1.40. The number of piperazine rings is 1.